The Morgan fingerprint density at radius 1 is 1.30 bits per heavy atom. The van der Waals surface area contributed by atoms with Crippen molar-refractivity contribution in [3.63, 3.8) is 0 Å². The fourth-order valence-electron chi connectivity index (χ4n) is 2.15. The molecule has 1 aromatic rings. The van der Waals surface area contributed by atoms with Crippen LogP contribution in [0.5, 0.6) is 0 Å². The number of alkyl halides is 3. The first-order chi connectivity index (χ1) is 9.29. The minimum atomic E-state index is -4.48. The number of amides is 2. The molecular weight excluding hydrogens is 273 g/mol. The van der Waals surface area contributed by atoms with Gasteiger partial charge in [-0.25, -0.2) is 0 Å². The highest BCUT2D eigenvalue weighted by molar-refractivity contribution is 5.94. The number of hydrogen-bond donors (Lipinski definition) is 1. The third kappa shape index (κ3) is 2.92. The van der Waals surface area contributed by atoms with Crippen molar-refractivity contribution in [1.82, 2.24) is 10.2 Å². The maximum absolute atomic E-state index is 12.9. The van der Waals surface area contributed by atoms with Crippen molar-refractivity contribution in [2.24, 2.45) is 0 Å². The van der Waals surface area contributed by atoms with Crippen LogP contribution < -0.4 is 5.32 Å². The van der Waals surface area contributed by atoms with Crippen LogP contribution in [0.1, 0.15) is 18.1 Å². The van der Waals surface area contributed by atoms with Crippen molar-refractivity contribution < 1.29 is 22.8 Å². The largest absolute Gasteiger partial charge is 0.416 e. The number of nitrogens with one attached hydrogen (secondary N) is 1. The number of hydrogen-bond acceptors (Lipinski definition) is 2. The van der Waals surface area contributed by atoms with Crippen molar-refractivity contribution in [1.29, 1.82) is 0 Å². The lowest BCUT2D eigenvalue weighted by molar-refractivity contribution is -0.145. The molecule has 0 aliphatic carbocycles. The van der Waals surface area contributed by atoms with Gasteiger partial charge in [0.15, 0.2) is 0 Å². The highest BCUT2D eigenvalue weighted by Crippen LogP contribution is 2.32. The summed E-state index contributed by atoms with van der Waals surface area (Å²) in [5.41, 5.74) is -0.804. The molecule has 1 aromatic carbocycles. The Bertz CT molecular complexity index is 543. The number of rotatable bonds is 2. The van der Waals surface area contributed by atoms with Gasteiger partial charge in [-0.3, -0.25) is 9.59 Å². The van der Waals surface area contributed by atoms with E-state index in [9.17, 15) is 22.8 Å². The first kappa shape index (κ1) is 14.4. The average Bonchev–Trinajstić information content (AvgIpc) is 2.34. The predicted molar refractivity (Wildman–Crippen MR) is 64.5 cm³/mol. The molecule has 108 valence electrons. The first-order valence-corrected chi connectivity index (χ1v) is 6.02. The summed E-state index contributed by atoms with van der Waals surface area (Å²) < 4.78 is 38.6. The maximum Gasteiger partial charge on any atom is 0.416 e. The van der Waals surface area contributed by atoms with Gasteiger partial charge in [0, 0.05) is 6.54 Å². The molecule has 4 nitrogen and oxygen atoms in total. The molecule has 1 fully saturated rings. The van der Waals surface area contributed by atoms with E-state index in [0.29, 0.717) is 0 Å². The molecule has 2 amide bonds. The molecule has 0 spiro atoms. The molecule has 0 bridgehead atoms. The average molecular weight is 286 g/mol. The molecule has 2 rings (SSSR count). The summed E-state index contributed by atoms with van der Waals surface area (Å²) in [5, 5.41) is 2.44. The maximum atomic E-state index is 12.9. The van der Waals surface area contributed by atoms with E-state index < -0.39 is 17.8 Å². The topological polar surface area (TPSA) is 49.4 Å². The van der Waals surface area contributed by atoms with Crippen LogP contribution in [0.25, 0.3) is 0 Å². The number of benzene rings is 1. The van der Waals surface area contributed by atoms with Gasteiger partial charge in [-0.05, 0) is 18.6 Å². The van der Waals surface area contributed by atoms with Crippen LogP contribution in [0.3, 0.4) is 0 Å². The predicted octanol–water partition coefficient (Wildman–Crippen LogP) is 1.55. The molecule has 1 unspecified atom stereocenters. The Labute approximate surface area is 113 Å². The second-order valence-electron chi connectivity index (χ2n) is 4.64. The number of carbonyl (C=O) groups is 2. The van der Waals surface area contributed by atoms with Crippen LogP contribution in [0.4, 0.5) is 13.2 Å². The molecule has 1 atom stereocenters. The SMILES string of the molecule is CC1NC(=O)CN(Cc2ccccc2C(F)(F)F)C1=O. The molecule has 0 radical (unpaired) electrons. The second kappa shape index (κ2) is 5.15. The minimum absolute atomic E-state index is 0.0183. The summed E-state index contributed by atoms with van der Waals surface area (Å²) in [4.78, 5) is 24.4. The van der Waals surface area contributed by atoms with Crippen molar-refractivity contribution in [2.45, 2.75) is 25.7 Å². The van der Waals surface area contributed by atoms with Crippen LogP contribution in [0, 0.1) is 0 Å². The van der Waals surface area contributed by atoms with Crippen LogP contribution in [-0.4, -0.2) is 29.3 Å². The molecule has 7 heteroatoms. The van der Waals surface area contributed by atoms with Crippen molar-refractivity contribution in [3.05, 3.63) is 35.4 Å². The molecule has 1 N–H and O–H groups in total. The monoisotopic (exact) mass is 286 g/mol. The molecule has 0 aromatic heterocycles. The Morgan fingerprint density at radius 2 is 1.95 bits per heavy atom. The molecule has 1 saturated heterocycles. The molecule has 20 heavy (non-hydrogen) atoms. The van der Waals surface area contributed by atoms with E-state index in [1.165, 1.54) is 25.1 Å². The summed E-state index contributed by atoms with van der Waals surface area (Å²) in [6, 6.07) is 4.33. The summed E-state index contributed by atoms with van der Waals surface area (Å²) in [7, 11) is 0. The second-order valence-corrected chi connectivity index (χ2v) is 4.64. The first-order valence-electron chi connectivity index (χ1n) is 6.02. The molecule has 0 saturated carbocycles. The molecule has 1 aliphatic heterocycles. The van der Waals surface area contributed by atoms with Gasteiger partial charge in [-0.2, -0.15) is 13.2 Å². The van der Waals surface area contributed by atoms with Gasteiger partial charge in [-0.15, -0.1) is 0 Å². The molecule has 1 heterocycles. The van der Waals surface area contributed by atoms with Crippen LogP contribution in [-0.2, 0) is 22.3 Å². The standard InChI is InChI=1S/C13H13F3N2O2/c1-8-12(20)18(7-11(19)17-8)6-9-4-2-3-5-10(9)13(14,15)16/h2-5,8H,6-7H2,1H3,(H,17,19). The van der Waals surface area contributed by atoms with E-state index in [2.05, 4.69) is 5.32 Å². The lowest BCUT2D eigenvalue weighted by Gasteiger charge is -2.31. The lowest BCUT2D eigenvalue weighted by Crippen LogP contribution is -2.56. The van der Waals surface area contributed by atoms with Gasteiger partial charge in [0.05, 0.1) is 12.1 Å². The van der Waals surface area contributed by atoms with E-state index in [1.807, 2.05) is 0 Å². The van der Waals surface area contributed by atoms with Gasteiger partial charge in [0.25, 0.3) is 0 Å². The summed E-state index contributed by atoms with van der Waals surface area (Å²) in [6.07, 6.45) is -4.48. The zero-order valence-corrected chi connectivity index (χ0v) is 10.7. The Kier molecular flexibility index (Phi) is 3.69. The lowest BCUT2D eigenvalue weighted by atomic mass is 10.1. The van der Waals surface area contributed by atoms with Crippen molar-refractivity contribution in [2.75, 3.05) is 6.54 Å². The zero-order valence-electron chi connectivity index (χ0n) is 10.7. The van der Waals surface area contributed by atoms with Gasteiger partial charge in [-0.1, -0.05) is 18.2 Å². The summed E-state index contributed by atoms with van der Waals surface area (Å²) in [6.45, 7) is 1.05. The summed E-state index contributed by atoms with van der Waals surface area (Å²) >= 11 is 0. The van der Waals surface area contributed by atoms with Crippen LogP contribution in [0.15, 0.2) is 24.3 Å². The van der Waals surface area contributed by atoms with E-state index in [-0.39, 0.29) is 30.5 Å². The molecule has 1 aliphatic rings. The van der Waals surface area contributed by atoms with E-state index in [4.69, 9.17) is 0 Å². The Morgan fingerprint density at radius 3 is 2.60 bits per heavy atom. The molecular formula is C13H13F3N2O2. The minimum Gasteiger partial charge on any atom is -0.343 e. The highest BCUT2D eigenvalue weighted by atomic mass is 19.4. The van der Waals surface area contributed by atoms with Crippen molar-refractivity contribution >= 4 is 11.8 Å². The third-order valence-electron chi connectivity index (χ3n) is 3.08. The number of carbonyl (C=O) groups excluding carboxylic acids is 2. The smallest absolute Gasteiger partial charge is 0.343 e. The van der Waals surface area contributed by atoms with Gasteiger partial charge < -0.3 is 10.2 Å². The van der Waals surface area contributed by atoms with Crippen molar-refractivity contribution in [3.8, 4) is 0 Å². The van der Waals surface area contributed by atoms with Gasteiger partial charge in [0.2, 0.25) is 11.8 Å². The normalized spacial score (nSPS) is 20.0. The highest BCUT2D eigenvalue weighted by Gasteiger charge is 2.35. The fraction of sp³-hybridized carbons (Fsp3) is 0.385. The summed E-state index contributed by atoms with van der Waals surface area (Å²) in [5.74, 6) is -0.761. The number of piperazine rings is 1. The quantitative estimate of drug-likeness (QED) is 0.897. The van der Waals surface area contributed by atoms with E-state index in [1.54, 1.807) is 0 Å². The Balaban J connectivity index is 2.26. The third-order valence-corrected chi connectivity index (χ3v) is 3.08. The fourth-order valence-corrected chi connectivity index (χ4v) is 2.15. The number of nitrogens with zero attached hydrogens (tertiary/aromatic N) is 1. The Hall–Kier alpha value is -2.05. The van der Waals surface area contributed by atoms with E-state index in [0.717, 1.165) is 11.0 Å². The number of halogens is 3. The van der Waals surface area contributed by atoms with E-state index >= 15 is 0 Å². The van der Waals surface area contributed by atoms with Crippen LogP contribution in [0.2, 0.25) is 0 Å². The zero-order chi connectivity index (χ0) is 14.9. The van der Waals surface area contributed by atoms with Crippen LogP contribution >= 0.6 is 0 Å². The van der Waals surface area contributed by atoms with Gasteiger partial charge >= 0.3 is 6.18 Å². The van der Waals surface area contributed by atoms with Gasteiger partial charge in [0.1, 0.15) is 6.04 Å².